The molecule has 1 saturated heterocycles. The molecule has 2 heterocycles. The average molecular weight is 248 g/mol. The molecule has 1 aliphatic heterocycles. The minimum Gasteiger partial charge on any atom is -0.359 e. The van der Waals surface area contributed by atoms with Crippen molar-refractivity contribution < 1.29 is 4.79 Å². The van der Waals surface area contributed by atoms with Gasteiger partial charge in [0.25, 0.3) is 0 Å². The molecule has 1 aliphatic rings. The number of nitrogens with one attached hydrogen (secondary N) is 1. The van der Waals surface area contributed by atoms with E-state index in [4.69, 9.17) is 0 Å². The molecule has 1 atom stereocenters. The topological polar surface area (TPSA) is 58.1 Å². The van der Waals surface area contributed by atoms with Gasteiger partial charge in [0, 0.05) is 31.4 Å². The van der Waals surface area contributed by atoms with E-state index in [1.165, 1.54) is 0 Å². The number of hydrogen-bond acceptors (Lipinski definition) is 4. The van der Waals surface area contributed by atoms with Crippen molar-refractivity contribution >= 4 is 11.7 Å². The van der Waals surface area contributed by atoms with Crippen molar-refractivity contribution in [3.63, 3.8) is 0 Å². The predicted octanol–water partition coefficient (Wildman–Crippen LogP) is 1.06. The fourth-order valence-corrected chi connectivity index (χ4v) is 2.43. The number of amides is 1. The monoisotopic (exact) mass is 248 g/mol. The standard InChI is InChI=1S/C13H20N4O/c1-9-10(2)15-8-16-12(9)17-6-4-5-11(7-17)13(18)14-3/h8,11H,4-7H2,1-3H3,(H,14,18). The first-order valence-corrected chi connectivity index (χ1v) is 6.38. The lowest BCUT2D eigenvalue weighted by Gasteiger charge is -2.33. The first-order chi connectivity index (χ1) is 8.63. The summed E-state index contributed by atoms with van der Waals surface area (Å²) >= 11 is 0. The van der Waals surface area contributed by atoms with Crippen molar-refractivity contribution in [1.29, 1.82) is 0 Å². The normalized spacial score (nSPS) is 19.7. The maximum atomic E-state index is 11.7. The van der Waals surface area contributed by atoms with Crippen molar-refractivity contribution in [2.75, 3.05) is 25.0 Å². The van der Waals surface area contributed by atoms with Crippen molar-refractivity contribution in [3.8, 4) is 0 Å². The number of piperidine rings is 1. The molecule has 1 unspecified atom stereocenters. The van der Waals surface area contributed by atoms with Gasteiger partial charge in [0.15, 0.2) is 0 Å². The van der Waals surface area contributed by atoms with Crippen molar-refractivity contribution in [2.24, 2.45) is 5.92 Å². The number of carbonyl (C=O) groups is 1. The number of anilines is 1. The van der Waals surface area contributed by atoms with E-state index in [2.05, 4.69) is 20.2 Å². The summed E-state index contributed by atoms with van der Waals surface area (Å²) in [6.45, 7) is 5.73. The second-order valence-corrected chi connectivity index (χ2v) is 4.81. The second-order valence-electron chi connectivity index (χ2n) is 4.81. The van der Waals surface area contributed by atoms with Crippen molar-refractivity contribution in [2.45, 2.75) is 26.7 Å². The van der Waals surface area contributed by atoms with E-state index in [0.717, 1.165) is 43.0 Å². The number of nitrogens with zero attached hydrogens (tertiary/aromatic N) is 3. The van der Waals surface area contributed by atoms with Crippen LogP contribution in [-0.2, 0) is 4.79 Å². The molecule has 0 aliphatic carbocycles. The molecular formula is C13H20N4O. The summed E-state index contributed by atoms with van der Waals surface area (Å²) in [6.07, 6.45) is 3.58. The Morgan fingerprint density at radius 2 is 2.22 bits per heavy atom. The molecule has 2 rings (SSSR count). The van der Waals surface area contributed by atoms with E-state index in [9.17, 15) is 4.79 Å². The molecule has 1 aromatic heterocycles. The molecular weight excluding hydrogens is 228 g/mol. The minimum atomic E-state index is 0.0680. The zero-order chi connectivity index (χ0) is 13.1. The molecule has 18 heavy (non-hydrogen) atoms. The Bertz CT molecular complexity index is 447. The summed E-state index contributed by atoms with van der Waals surface area (Å²) in [5, 5.41) is 2.73. The highest BCUT2D eigenvalue weighted by atomic mass is 16.1. The number of carbonyl (C=O) groups excluding carboxylic acids is 1. The third-order valence-electron chi connectivity index (χ3n) is 3.65. The zero-order valence-electron chi connectivity index (χ0n) is 11.2. The first kappa shape index (κ1) is 12.8. The molecule has 1 aromatic rings. The largest absolute Gasteiger partial charge is 0.359 e. The van der Waals surface area contributed by atoms with Crippen molar-refractivity contribution in [3.05, 3.63) is 17.6 Å². The Hall–Kier alpha value is -1.65. The summed E-state index contributed by atoms with van der Waals surface area (Å²) in [7, 11) is 1.70. The Morgan fingerprint density at radius 3 is 2.94 bits per heavy atom. The second kappa shape index (κ2) is 5.33. The first-order valence-electron chi connectivity index (χ1n) is 6.38. The third kappa shape index (κ3) is 2.44. The Kier molecular flexibility index (Phi) is 3.79. The zero-order valence-corrected chi connectivity index (χ0v) is 11.2. The van der Waals surface area contributed by atoms with E-state index in [1.54, 1.807) is 13.4 Å². The Balaban J connectivity index is 2.18. The fraction of sp³-hybridized carbons (Fsp3) is 0.615. The maximum absolute atomic E-state index is 11.7. The van der Waals surface area contributed by atoms with Gasteiger partial charge in [0.2, 0.25) is 5.91 Å². The van der Waals surface area contributed by atoms with E-state index in [0.29, 0.717) is 0 Å². The SMILES string of the molecule is CNC(=O)C1CCCN(c2ncnc(C)c2C)C1. The smallest absolute Gasteiger partial charge is 0.224 e. The molecule has 1 fully saturated rings. The van der Waals surface area contributed by atoms with Crippen LogP contribution in [0.1, 0.15) is 24.1 Å². The molecule has 1 amide bonds. The van der Waals surface area contributed by atoms with Gasteiger partial charge in [-0.3, -0.25) is 4.79 Å². The van der Waals surface area contributed by atoms with Crippen LogP contribution in [0.15, 0.2) is 6.33 Å². The van der Waals surface area contributed by atoms with Gasteiger partial charge in [-0.2, -0.15) is 0 Å². The molecule has 0 spiro atoms. The molecule has 98 valence electrons. The van der Waals surface area contributed by atoms with E-state index in [-0.39, 0.29) is 11.8 Å². The van der Waals surface area contributed by atoms with Crippen LogP contribution in [0, 0.1) is 19.8 Å². The highest BCUT2D eigenvalue weighted by Gasteiger charge is 2.26. The lowest BCUT2D eigenvalue weighted by molar-refractivity contribution is -0.124. The van der Waals surface area contributed by atoms with Crippen LogP contribution in [0.3, 0.4) is 0 Å². The van der Waals surface area contributed by atoms with Crippen LogP contribution in [0.25, 0.3) is 0 Å². The molecule has 0 saturated carbocycles. The fourth-order valence-electron chi connectivity index (χ4n) is 2.43. The summed E-state index contributed by atoms with van der Waals surface area (Å²) in [6, 6.07) is 0. The quantitative estimate of drug-likeness (QED) is 0.850. The van der Waals surface area contributed by atoms with Gasteiger partial charge >= 0.3 is 0 Å². The number of aromatic nitrogens is 2. The van der Waals surface area contributed by atoms with E-state index in [1.807, 2.05) is 13.8 Å². The third-order valence-corrected chi connectivity index (χ3v) is 3.65. The lowest BCUT2D eigenvalue weighted by Crippen LogP contribution is -2.42. The van der Waals surface area contributed by atoms with Crippen LogP contribution in [0.2, 0.25) is 0 Å². The Morgan fingerprint density at radius 1 is 1.44 bits per heavy atom. The summed E-state index contributed by atoms with van der Waals surface area (Å²) in [4.78, 5) is 22.5. The summed E-state index contributed by atoms with van der Waals surface area (Å²) in [5.41, 5.74) is 2.11. The molecule has 5 nitrogen and oxygen atoms in total. The van der Waals surface area contributed by atoms with Gasteiger partial charge in [0.1, 0.15) is 12.1 Å². The molecule has 0 bridgehead atoms. The van der Waals surface area contributed by atoms with E-state index >= 15 is 0 Å². The number of hydrogen-bond donors (Lipinski definition) is 1. The maximum Gasteiger partial charge on any atom is 0.224 e. The van der Waals surface area contributed by atoms with Gasteiger partial charge in [-0.25, -0.2) is 9.97 Å². The Labute approximate surface area is 108 Å². The van der Waals surface area contributed by atoms with Gasteiger partial charge in [-0.1, -0.05) is 0 Å². The van der Waals surface area contributed by atoms with E-state index < -0.39 is 0 Å². The lowest BCUT2D eigenvalue weighted by atomic mass is 9.97. The van der Waals surface area contributed by atoms with Crippen molar-refractivity contribution in [1.82, 2.24) is 15.3 Å². The molecule has 1 N–H and O–H groups in total. The molecule has 5 heteroatoms. The van der Waals surface area contributed by atoms with Crippen LogP contribution >= 0.6 is 0 Å². The van der Waals surface area contributed by atoms with Crippen LogP contribution in [0.4, 0.5) is 5.82 Å². The molecule has 0 aromatic carbocycles. The van der Waals surface area contributed by atoms with Gasteiger partial charge in [-0.15, -0.1) is 0 Å². The van der Waals surface area contributed by atoms with Crippen LogP contribution < -0.4 is 10.2 Å². The minimum absolute atomic E-state index is 0.0680. The highest BCUT2D eigenvalue weighted by Crippen LogP contribution is 2.24. The van der Waals surface area contributed by atoms with Crippen LogP contribution in [-0.4, -0.2) is 36.0 Å². The molecule has 0 radical (unpaired) electrons. The number of rotatable bonds is 2. The predicted molar refractivity (Wildman–Crippen MR) is 70.5 cm³/mol. The highest BCUT2D eigenvalue weighted by molar-refractivity contribution is 5.79. The summed E-state index contributed by atoms with van der Waals surface area (Å²) < 4.78 is 0. The van der Waals surface area contributed by atoms with Gasteiger partial charge < -0.3 is 10.2 Å². The van der Waals surface area contributed by atoms with Gasteiger partial charge in [-0.05, 0) is 26.7 Å². The summed E-state index contributed by atoms with van der Waals surface area (Å²) in [5.74, 6) is 1.16. The average Bonchev–Trinajstić information content (AvgIpc) is 2.41. The number of aryl methyl sites for hydroxylation is 1. The van der Waals surface area contributed by atoms with Crippen LogP contribution in [0.5, 0.6) is 0 Å². The van der Waals surface area contributed by atoms with Gasteiger partial charge in [0.05, 0.1) is 5.92 Å².